The molecule has 0 fully saturated rings. The Labute approximate surface area is 117 Å². The highest BCUT2D eigenvalue weighted by Gasteiger charge is 2.07. The maximum Gasteiger partial charge on any atom is 0.169 e. The summed E-state index contributed by atoms with van der Waals surface area (Å²) >= 11 is 0. The van der Waals surface area contributed by atoms with Crippen molar-refractivity contribution in [2.75, 3.05) is 5.32 Å². The van der Waals surface area contributed by atoms with E-state index in [2.05, 4.69) is 15.6 Å². The number of aromatic nitrogens is 3. The number of para-hydroxylation sites is 1. The van der Waals surface area contributed by atoms with Gasteiger partial charge in [-0.05, 0) is 26.0 Å². The third kappa shape index (κ3) is 2.56. The Balaban J connectivity index is 1.76. The monoisotopic (exact) mass is 268 g/mol. The molecule has 0 unspecified atom stereocenters. The van der Waals surface area contributed by atoms with E-state index in [0.717, 1.165) is 28.5 Å². The smallest absolute Gasteiger partial charge is 0.169 e. The first-order valence-electron chi connectivity index (χ1n) is 6.50. The fourth-order valence-corrected chi connectivity index (χ4v) is 2.02. The zero-order valence-corrected chi connectivity index (χ0v) is 11.5. The summed E-state index contributed by atoms with van der Waals surface area (Å²) in [6.07, 6.45) is 2.03. The van der Waals surface area contributed by atoms with Gasteiger partial charge >= 0.3 is 0 Å². The van der Waals surface area contributed by atoms with Gasteiger partial charge in [0, 0.05) is 24.4 Å². The first kappa shape index (κ1) is 12.5. The summed E-state index contributed by atoms with van der Waals surface area (Å²) < 4.78 is 6.91. The molecule has 0 radical (unpaired) electrons. The molecule has 3 rings (SSSR count). The third-order valence-electron chi connectivity index (χ3n) is 3.11. The average molecular weight is 268 g/mol. The molecule has 0 saturated heterocycles. The molecule has 0 amide bonds. The molecule has 0 spiro atoms. The number of rotatable bonds is 4. The van der Waals surface area contributed by atoms with Crippen molar-refractivity contribution in [3.8, 4) is 5.69 Å². The van der Waals surface area contributed by atoms with Crippen molar-refractivity contribution in [1.29, 1.82) is 0 Å². The van der Waals surface area contributed by atoms with Crippen molar-refractivity contribution in [3.05, 3.63) is 59.6 Å². The highest BCUT2D eigenvalue weighted by atomic mass is 16.5. The number of hydrogen-bond donors (Lipinski definition) is 1. The van der Waals surface area contributed by atoms with Gasteiger partial charge in [0.2, 0.25) is 0 Å². The molecule has 5 heteroatoms. The van der Waals surface area contributed by atoms with E-state index in [1.165, 1.54) is 0 Å². The van der Waals surface area contributed by atoms with Gasteiger partial charge in [0.15, 0.2) is 5.82 Å². The Morgan fingerprint density at radius 2 is 2.00 bits per heavy atom. The van der Waals surface area contributed by atoms with E-state index in [9.17, 15) is 0 Å². The van der Waals surface area contributed by atoms with Crippen molar-refractivity contribution in [1.82, 2.24) is 14.9 Å². The van der Waals surface area contributed by atoms with Gasteiger partial charge in [-0.2, -0.15) is 5.10 Å². The van der Waals surface area contributed by atoms with Gasteiger partial charge in [0.25, 0.3) is 0 Å². The lowest BCUT2D eigenvalue weighted by Crippen LogP contribution is -1.99. The van der Waals surface area contributed by atoms with Crippen LogP contribution >= 0.6 is 0 Å². The lowest BCUT2D eigenvalue weighted by Gasteiger charge is -2.00. The number of aryl methyl sites for hydroxylation is 2. The molecule has 0 aliphatic carbocycles. The minimum atomic E-state index is 0.671. The number of benzene rings is 1. The second kappa shape index (κ2) is 5.21. The van der Waals surface area contributed by atoms with Gasteiger partial charge in [0.1, 0.15) is 5.76 Å². The number of nitrogens with one attached hydrogen (secondary N) is 1. The minimum Gasteiger partial charge on any atom is -0.363 e. The van der Waals surface area contributed by atoms with Crippen molar-refractivity contribution in [2.24, 2.45) is 0 Å². The average Bonchev–Trinajstić information content (AvgIpc) is 3.04. The molecule has 0 atom stereocenters. The van der Waals surface area contributed by atoms with Crippen LogP contribution in [0.2, 0.25) is 0 Å². The maximum absolute atomic E-state index is 5.02. The van der Waals surface area contributed by atoms with Crippen LogP contribution in [-0.4, -0.2) is 14.9 Å². The van der Waals surface area contributed by atoms with E-state index < -0.39 is 0 Å². The molecule has 102 valence electrons. The summed E-state index contributed by atoms with van der Waals surface area (Å²) in [5.41, 5.74) is 3.19. The second-order valence-electron chi connectivity index (χ2n) is 4.70. The van der Waals surface area contributed by atoms with Gasteiger partial charge in [-0.15, -0.1) is 0 Å². The Morgan fingerprint density at radius 3 is 2.70 bits per heavy atom. The maximum atomic E-state index is 5.02. The molecule has 2 heterocycles. The molecular weight excluding hydrogens is 252 g/mol. The molecule has 20 heavy (non-hydrogen) atoms. The highest BCUT2D eigenvalue weighted by Crippen LogP contribution is 2.14. The summed E-state index contributed by atoms with van der Waals surface area (Å²) in [7, 11) is 0. The van der Waals surface area contributed by atoms with Crippen molar-refractivity contribution in [2.45, 2.75) is 20.4 Å². The SMILES string of the molecule is Cc1cc(NCc2cn(-c3ccccc3)nc2C)no1. The van der Waals surface area contributed by atoms with Crippen LogP contribution in [0.1, 0.15) is 17.0 Å². The fraction of sp³-hybridized carbons (Fsp3) is 0.200. The lowest BCUT2D eigenvalue weighted by atomic mass is 10.2. The summed E-state index contributed by atoms with van der Waals surface area (Å²) in [5, 5.41) is 11.7. The molecule has 1 N–H and O–H groups in total. The normalized spacial score (nSPS) is 10.7. The molecule has 3 aromatic rings. The van der Waals surface area contributed by atoms with Crippen molar-refractivity contribution in [3.63, 3.8) is 0 Å². The van der Waals surface area contributed by atoms with Crippen LogP contribution in [0.15, 0.2) is 47.1 Å². The quantitative estimate of drug-likeness (QED) is 0.790. The van der Waals surface area contributed by atoms with E-state index in [0.29, 0.717) is 6.54 Å². The van der Waals surface area contributed by atoms with Crippen LogP contribution in [0.25, 0.3) is 5.69 Å². The van der Waals surface area contributed by atoms with Crippen LogP contribution < -0.4 is 5.32 Å². The largest absolute Gasteiger partial charge is 0.363 e. The summed E-state index contributed by atoms with van der Waals surface area (Å²) in [6.45, 7) is 4.55. The predicted molar refractivity (Wildman–Crippen MR) is 76.9 cm³/mol. The molecule has 0 bridgehead atoms. The Hall–Kier alpha value is -2.56. The fourth-order valence-electron chi connectivity index (χ4n) is 2.02. The summed E-state index contributed by atoms with van der Waals surface area (Å²) in [5.74, 6) is 1.54. The summed E-state index contributed by atoms with van der Waals surface area (Å²) in [6, 6.07) is 11.9. The third-order valence-corrected chi connectivity index (χ3v) is 3.11. The van der Waals surface area contributed by atoms with Crippen LogP contribution in [0, 0.1) is 13.8 Å². The molecule has 1 aromatic carbocycles. The van der Waals surface area contributed by atoms with Gasteiger partial charge in [-0.3, -0.25) is 0 Å². The van der Waals surface area contributed by atoms with Gasteiger partial charge in [-0.25, -0.2) is 4.68 Å². The van der Waals surface area contributed by atoms with E-state index >= 15 is 0 Å². The molecule has 5 nitrogen and oxygen atoms in total. The van der Waals surface area contributed by atoms with E-state index in [1.807, 2.05) is 61.1 Å². The molecule has 0 aliphatic heterocycles. The van der Waals surface area contributed by atoms with Crippen LogP contribution in [0.3, 0.4) is 0 Å². The zero-order valence-electron chi connectivity index (χ0n) is 11.5. The lowest BCUT2D eigenvalue weighted by molar-refractivity contribution is 0.399. The van der Waals surface area contributed by atoms with Crippen LogP contribution in [-0.2, 0) is 6.54 Å². The van der Waals surface area contributed by atoms with E-state index in [1.54, 1.807) is 0 Å². The zero-order chi connectivity index (χ0) is 13.9. The number of nitrogens with zero attached hydrogens (tertiary/aromatic N) is 3. The van der Waals surface area contributed by atoms with Gasteiger partial charge in [-0.1, -0.05) is 23.4 Å². The first-order chi connectivity index (χ1) is 9.72. The van der Waals surface area contributed by atoms with Gasteiger partial charge in [0.05, 0.1) is 11.4 Å². The minimum absolute atomic E-state index is 0.671. The van der Waals surface area contributed by atoms with Gasteiger partial charge < -0.3 is 9.84 Å². The standard InChI is InChI=1S/C15H16N4O/c1-11-8-15(18-20-11)16-9-13-10-19(17-12(13)2)14-6-4-3-5-7-14/h3-8,10H,9H2,1-2H3,(H,16,18). The predicted octanol–water partition coefficient (Wildman–Crippen LogP) is 3.09. The second-order valence-corrected chi connectivity index (χ2v) is 4.70. The van der Waals surface area contributed by atoms with Crippen LogP contribution in [0.4, 0.5) is 5.82 Å². The Bertz CT molecular complexity index is 700. The Morgan fingerprint density at radius 1 is 1.20 bits per heavy atom. The summed E-state index contributed by atoms with van der Waals surface area (Å²) in [4.78, 5) is 0. The highest BCUT2D eigenvalue weighted by molar-refractivity contribution is 5.37. The van der Waals surface area contributed by atoms with E-state index in [-0.39, 0.29) is 0 Å². The van der Waals surface area contributed by atoms with Crippen molar-refractivity contribution >= 4 is 5.82 Å². The topological polar surface area (TPSA) is 55.9 Å². The first-order valence-corrected chi connectivity index (χ1v) is 6.50. The van der Waals surface area contributed by atoms with E-state index in [4.69, 9.17) is 4.52 Å². The van der Waals surface area contributed by atoms with Crippen molar-refractivity contribution < 1.29 is 4.52 Å². The molecular formula is C15H16N4O. The number of hydrogen-bond acceptors (Lipinski definition) is 4. The molecule has 0 saturated carbocycles. The number of anilines is 1. The Kier molecular flexibility index (Phi) is 3.25. The van der Waals surface area contributed by atoms with Crippen LogP contribution in [0.5, 0.6) is 0 Å². The molecule has 2 aromatic heterocycles. The molecule has 0 aliphatic rings.